The zero-order valence-electron chi connectivity index (χ0n) is 16.7. The number of carbonyl (C=O) groups excluding carboxylic acids is 1. The highest BCUT2D eigenvalue weighted by Gasteiger charge is 2.29. The van der Waals surface area contributed by atoms with Crippen LogP contribution in [0.1, 0.15) is 65.2 Å². The molecule has 0 bridgehead atoms. The molecule has 1 aliphatic carbocycles. The summed E-state index contributed by atoms with van der Waals surface area (Å²) in [4.78, 5) is 38.4. The second-order valence-electron chi connectivity index (χ2n) is 8.35. The van der Waals surface area contributed by atoms with Crippen LogP contribution in [0.25, 0.3) is 0 Å². The third kappa shape index (κ3) is 4.53. The molecule has 1 aromatic rings. The summed E-state index contributed by atoms with van der Waals surface area (Å²) in [7, 11) is 0. The van der Waals surface area contributed by atoms with Crippen molar-refractivity contribution in [3.8, 4) is 0 Å². The van der Waals surface area contributed by atoms with Crippen LogP contribution in [0.15, 0.2) is 9.59 Å². The number of nitrogens with one attached hydrogen (secondary N) is 2. The van der Waals surface area contributed by atoms with Crippen LogP contribution in [0.5, 0.6) is 0 Å². The largest absolute Gasteiger partial charge is 0.380 e. The zero-order valence-corrected chi connectivity index (χ0v) is 16.7. The van der Waals surface area contributed by atoms with E-state index < -0.39 is 0 Å². The van der Waals surface area contributed by atoms with Crippen molar-refractivity contribution in [2.24, 2.45) is 11.8 Å². The van der Waals surface area contributed by atoms with Crippen molar-refractivity contribution in [3.63, 3.8) is 0 Å². The fraction of sp³-hybridized carbons (Fsp3) is 0.762. The van der Waals surface area contributed by atoms with Crippen LogP contribution in [0.2, 0.25) is 0 Å². The number of anilines is 2. The van der Waals surface area contributed by atoms with E-state index in [0.29, 0.717) is 23.8 Å². The molecule has 2 fully saturated rings. The van der Waals surface area contributed by atoms with Crippen molar-refractivity contribution in [3.05, 3.63) is 20.4 Å². The lowest BCUT2D eigenvalue weighted by atomic mass is 9.81. The minimum atomic E-state index is -0.364. The van der Waals surface area contributed by atoms with Crippen LogP contribution in [-0.4, -0.2) is 31.6 Å². The van der Waals surface area contributed by atoms with E-state index in [2.05, 4.69) is 22.5 Å². The molecular formula is C21H33N3O3. The van der Waals surface area contributed by atoms with Crippen molar-refractivity contribution < 1.29 is 4.79 Å². The summed E-state index contributed by atoms with van der Waals surface area (Å²) < 4.78 is 0. The first-order valence-corrected chi connectivity index (χ1v) is 10.6. The van der Waals surface area contributed by atoms with Crippen molar-refractivity contribution in [2.45, 2.75) is 71.3 Å². The second-order valence-corrected chi connectivity index (χ2v) is 8.35. The Morgan fingerprint density at radius 2 is 1.74 bits per heavy atom. The number of hydrogen-bond acceptors (Lipinski definition) is 5. The van der Waals surface area contributed by atoms with Gasteiger partial charge in [0.05, 0.1) is 0 Å². The Morgan fingerprint density at radius 3 is 2.37 bits per heavy atom. The molecule has 1 amide bonds. The van der Waals surface area contributed by atoms with Crippen LogP contribution in [0.3, 0.4) is 0 Å². The van der Waals surface area contributed by atoms with Crippen molar-refractivity contribution in [1.82, 2.24) is 5.32 Å². The van der Waals surface area contributed by atoms with Crippen LogP contribution in [0.4, 0.5) is 11.4 Å². The van der Waals surface area contributed by atoms with Crippen molar-refractivity contribution in [1.29, 1.82) is 0 Å². The summed E-state index contributed by atoms with van der Waals surface area (Å²) in [5.74, 6) is 0.757. The number of piperidine rings is 1. The molecule has 0 aromatic heterocycles. The Labute approximate surface area is 161 Å². The summed E-state index contributed by atoms with van der Waals surface area (Å²) in [5.41, 5.74) is 0.446. The van der Waals surface area contributed by atoms with Crippen molar-refractivity contribution >= 4 is 17.3 Å². The van der Waals surface area contributed by atoms with E-state index in [1.165, 1.54) is 6.42 Å². The van der Waals surface area contributed by atoms with Crippen LogP contribution in [-0.2, 0) is 4.79 Å². The van der Waals surface area contributed by atoms with Gasteiger partial charge < -0.3 is 15.5 Å². The number of rotatable bonds is 7. The molecule has 1 saturated heterocycles. The Kier molecular flexibility index (Phi) is 6.55. The van der Waals surface area contributed by atoms with Gasteiger partial charge in [0.2, 0.25) is 5.91 Å². The van der Waals surface area contributed by atoms with Gasteiger partial charge >= 0.3 is 0 Å². The fourth-order valence-corrected chi connectivity index (χ4v) is 4.30. The van der Waals surface area contributed by atoms with E-state index in [-0.39, 0.29) is 28.7 Å². The highest BCUT2D eigenvalue weighted by molar-refractivity contribution is 5.79. The van der Waals surface area contributed by atoms with Crippen LogP contribution < -0.4 is 26.4 Å². The predicted octanol–water partition coefficient (Wildman–Crippen LogP) is 2.41. The summed E-state index contributed by atoms with van der Waals surface area (Å²) in [6, 6.07) is 0.235. The van der Waals surface area contributed by atoms with Crippen molar-refractivity contribution in [2.75, 3.05) is 29.9 Å². The minimum absolute atomic E-state index is 0.116. The first-order valence-electron chi connectivity index (χ1n) is 10.6. The maximum absolute atomic E-state index is 12.3. The molecule has 3 rings (SSSR count). The molecule has 0 unspecified atom stereocenters. The Bertz CT molecular complexity index is 709. The molecule has 0 spiro atoms. The van der Waals surface area contributed by atoms with E-state index in [9.17, 15) is 14.4 Å². The molecule has 6 heteroatoms. The Morgan fingerprint density at radius 1 is 1.07 bits per heavy atom. The zero-order chi connectivity index (χ0) is 19.4. The molecule has 2 N–H and O–H groups in total. The van der Waals surface area contributed by atoms with Gasteiger partial charge in [0.1, 0.15) is 11.4 Å². The number of hydrogen-bond donors (Lipinski definition) is 2. The molecule has 6 nitrogen and oxygen atoms in total. The Hall–Kier alpha value is -1.85. The average Bonchev–Trinajstić information content (AvgIpc) is 2.71. The number of carbonyl (C=O) groups is 1. The van der Waals surface area contributed by atoms with E-state index in [0.717, 1.165) is 58.0 Å². The van der Waals surface area contributed by atoms with Gasteiger partial charge in [-0.05, 0) is 64.2 Å². The molecule has 1 aliphatic heterocycles. The van der Waals surface area contributed by atoms with Gasteiger partial charge in [-0.15, -0.1) is 0 Å². The fourth-order valence-electron chi connectivity index (χ4n) is 4.30. The molecule has 1 aromatic carbocycles. The molecule has 1 atom stereocenters. The molecule has 0 radical (unpaired) electrons. The average molecular weight is 376 g/mol. The van der Waals surface area contributed by atoms with Gasteiger partial charge in [-0.1, -0.05) is 6.92 Å². The SMILES string of the molecule is CC[C@H](C)NC(=O)C1CCC(CNc2c(N3CCCCC3)c(=O)c2=O)CC1. The summed E-state index contributed by atoms with van der Waals surface area (Å²) in [6.45, 7) is 6.57. The quantitative estimate of drug-likeness (QED) is 0.716. The lowest BCUT2D eigenvalue weighted by Gasteiger charge is -2.32. The lowest BCUT2D eigenvalue weighted by molar-refractivity contribution is -0.126. The van der Waals surface area contributed by atoms with E-state index in [1.54, 1.807) is 0 Å². The van der Waals surface area contributed by atoms with E-state index in [4.69, 9.17) is 0 Å². The summed E-state index contributed by atoms with van der Waals surface area (Å²) in [5, 5.41) is 6.35. The molecule has 27 heavy (non-hydrogen) atoms. The molecule has 1 saturated carbocycles. The monoisotopic (exact) mass is 375 g/mol. The van der Waals surface area contributed by atoms with Gasteiger partial charge in [-0.3, -0.25) is 14.4 Å². The molecule has 2 aliphatic rings. The van der Waals surface area contributed by atoms with Gasteiger partial charge in [0.15, 0.2) is 0 Å². The van der Waals surface area contributed by atoms with Crippen LogP contribution >= 0.6 is 0 Å². The van der Waals surface area contributed by atoms with E-state index >= 15 is 0 Å². The number of nitrogens with zero attached hydrogens (tertiary/aromatic N) is 1. The van der Waals surface area contributed by atoms with Gasteiger partial charge in [0.25, 0.3) is 10.9 Å². The first kappa shape index (κ1) is 19.9. The molecule has 150 valence electrons. The topological polar surface area (TPSA) is 78.5 Å². The minimum Gasteiger partial charge on any atom is -0.380 e. The molecule has 1 heterocycles. The first-order chi connectivity index (χ1) is 13.0. The van der Waals surface area contributed by atoms with Gasteiger partial charge in [0, 0.05) is 31.6 Å². The maximum Gasteiger partial charge on any atom is 0.253 e. The van der Waals surface area contributed by atoms with Gasteiger partial charge in [-0.2, -0.15) is 0 Å². The normalized spacial score (nSPS) is 24.6. The van der Waals surface area contributed by atoms with Gasteiger partial charge in [-0.25, -0.2) is 0 Å². The molecular weight excluding hydrogens is 342 g/mol. The third-order valence-electron chi connectivity index (χ3n) is 6.34. The summed E-state index contributed by atoms with van der Waals surface area (Å²) in [6.07, 6.45) is 8.09. The van der Waals surface area contributed by atoms with E-state index in [1.807, 2.05) is 6.92 Å². The Balaban J connectivity index is 1.48. The summed E-state index contributed by atoms with van der Waals surface area (Å²) >= 11 is 0. The highest BCUT2D eigenvalue weighted by Crippen LogP contribution is 2.30. The number of amides is 1. The lowest BCUT2D eigenvalue weighted by Crippen LogP contribution is -2.45. The maximum atomic E-state index is 12.3. The standard InChI is InChI=1S/C21H33N3O3/c1-3-14(2)23-21(27)16-9-7-15(8-10-16)13-22-17-18(20(26)19(17)25)24-11-5-4-6-12-24/h14-16,22H,3-13H2,1-2H3,(H,23,27)/t14-,15?,16?/m0/s1. The van der Waals surface area contributed by atoms with Crippen LogP contribution in [0, 0.1) is 11.8 Å². The predicted molar refractivity (Wildman–Crippen MR) is 109 cm³/mol. The highest BCUT2D eigenvalue weighted by atomic mass is 16.2. The third-order valence-corrected chi connectivity index (χ3v) is 6.34. The smallest absolute Gasteiger partial charge is 0.253 e. The second kappa shape index (κ2) is 8.89.